The fourth-order valence-electron chi connectivity index (χ4n) is 1.16. The van der Waals surface area contributed by atoms with Crippen molar-refractivity contribution in [2.24, 2.45) is 0 Å². The second-order valence-corrected chi connectivity index (χ2v) is 5.31. The van der Waals surface area contributed by atoms with Gasteiger partial charge in [-0.2, -0.15) is 4.31 Å². The Morgan fingerprint density at radius 3 is 2.15 bits per heavy atom. The molecule has 0 aromatic heterocycles. The number of piperazine rings is 1. The van der Waals surface area contributed by atoms with E-state index in [4.69, 9.17) is 11.6 Å². The molecule has 0 atom stereocenters. The first-order valence-electron chi connectivity index (χ1n) is 3.83. The second-order valence-electron chi connectivity index (χ2n) is 2.76. The lowest BCUT2D eigenvalue weighted by Crippen LogP contribution is -2.48. The highest BCUT2D eigenvalue weighted by Crippen LogP contribution is 2.07. The number of sulfonamides is 1. The Kier molecular flexibility index (Phi) is 3.52. The van der Waals surface area contributed by atoms with Crippen molar-refractivity contribution >= 4 is 28.0 Å². The molecule has 1 heterocycles. The first kappa shape index (κ1) is 10.7. The fourth-order valence-corrected chi connectivity index (χ4v) is 2.43. The summed E-state index contributed by atoms with van der Waals surface area (Å²) >= 11 is 5.28. The molecule has 7 heteroatoms. The molecule has 1 aliphatic heterocycles. The highest BCUT2D eigenvalue weighted by molar-refractivity contribution is 7.90. The SMILES string of the molecule is O=CN1CCN(S(=O)(=O)CCl)CC1. The van der Waals surface area contributed by atoms with Crippen LogP contribution in [-0.4, -0.2) is 55.4 Å². The van der Waals surface area contributed by atoms with Gasteiger partial charge in [-0.1, -0.05) is 0 Å². The Labute approximate surface area is 82.3 Å². The second kappa shape index (κ2) is 4.26. The van der Waals surface area contributed by atoms with E-state index in [1.807, 2.05) is 0 Å². The predicted octanol–water partition coefficient (Wildman–Crippen LogP) is -0.713. The van der Waals surface area contributed by atoms with Crippen LogP contribution in [0.15, 0.2) is 0 Å². The average Bonchev–Trinajstić information content (AvgIpc) is 2.18. The predicted molar refractivity (Wildman–Crippen MR) is 48.8 cm³/mol. The van der Waals surface area contributed by atoms with Crippen LogP contribution in [-0.2, 0) is 14.8 Å². The molecule has 0 radical (unpaired) electrons. The summed E-state index contributed by atoms with van der Waals surface area (Å²) in [7, 11) is -3.30. The third kappa shape index (κ3) is 2.55. The number of amides is 1. The molecule has 0 bridgehead atoms. The summed E-state index contributed by atoms with van der Waals surface area (Å²) in [6.45, 7) is 1.57. The van der Waals surface area contributed by atoms with Crippen LogP contribution in [0.5, 0.6) is 0 Å². The Morgan fingerprint density at radius 1 is 1.23 bits per heavy atom. The van der Waals surface area contributed by atoms with E-state index in [9.17, 15) is 13.2 Å². The Morgan fingerprint density at radius 2 is 1.77 bits per heavy atom. The Bertz CT molecular complexity index is 272. The lowest BCUT2D eigenvalue weighted by atomic mass is 10.4. The fraction of sp³-hybridized carbons (Fsp3) is 0.833. The van der Waals surface area contributed by atoms with Gasteiger partial charge in [-0.05, 0) is 0 Å². The zero-order valence-electron chi connectivity index (χ0n) is 7.02. The summed E-state index contributed by atoms with van der Waals surface area (Å²) < 4.78 is 23.8. The minimum Gasteiger partial charge on any atom is -0.343 e. The average molecular weight is 227 g/mol. The molecular formula is C6H11ClN2O3S. The quantitative estimate of drug-likeness (QED) is 0.472. The highest BCUT2D eigenvalue weighted by atomic mass is 35.5. The van der Waals surface area contributed by atoms with Gasteiger partial charge in [0.2, 0.25) is 16.4 Å². The molecule has 0 aromatic carbocycles. The summed E-state index contributed by atoms with van der Waals surface area (Å²) in [4.78, 5) is 11.9. The molecule has 1 amide bonds. The lowest BCUT2D eigenvalue weighted by molar-refractivity contribution is -0.119. The van der Waals surface area contributed by atoms with Crippen LogP contribution >= 0.6 is 11.6 Å². The first-order valence-corrected chi connectivity index (χ1v) is 5.97. The Hall–Kier alpha value is -0.330. The van der Waals surface area contributed by atoms with E-state index in [2.05, 4.69) is 0 Å². The minimum atomic E-state index is -3.30. The maximum atomic E-state index is 11.2. The maximum absolute atomic E-state index is 11.2. The van der Waals surface area contributed by atoms with Crippen molar-refractivity contribution in [3.05, 3.63) is 0 Å². The van der Waals surface area contributed by atoms with Crippen molar-refractivity contribution in [1.29, 1.82) is 0 Å². The molecule has 0 spiro atoms. The zero-order chi connectivity index (χ0) is 9.90. The van der Waals surface area contributed by atoms with Gasteiger partial charge < -0.3 is 4.90 Å². The van der Waals surface area contributed by atoms with E-state index in [1.54, 1.807) is 4.90 Å². The van der Waals surface area contributed by atoms with E-state index in [-0.39, 0.29) is 0 Å². The molecule has 1 fully saturated rings. The smallest absolute Gasteiger partial charge is 0.228 e. The third-order valence-corrected chi connectivity index (χ3v) is 4.21. The molecule has 13 heavy (non-hydrogen) atoms. The normalized spacial score (nSPS) is 20.2. The van der Waals surface area contributed by atoms with Gasteiger partial charge in [0.05, 0.1) is 0 Å². The molecule has 1 saturated heterocycles. The zero-order valence-corrected chi connectivity index (χ0v) is 8.59. The summed E-state index contributed by atoms with van der Waals surface area (Å²) in [6, 6.07) is 0. The van der Waals surface area contributed by atoms with Crippen molar-refractivity contribution in [2.75, 3.05) is 31.4 Å². The van der Waals surface area contributed by atoms with E-state index in [0.29, 0.717) is 26.2 Å². The first-order chi connectivity index (χ1) is 6.10. The molecule has 0 aromatic rings. The van der Waals surface area contributed by atoms with Crippen LogP contribution < -0.4 is 0 Å². The van der Waals surface area contributed by atoms with Gasteiger partial charge >= 0.3 is 0 Å². The van der Waals surface area contributed by atoms with E-state index in [0.717, 1.165) is 6.41 Å². The summed E-state index contributed by atoms with van der Waals surface area (Å²) in [5.41, 5.74) is 0. The van der Waals surface area contributed by atoms with E-state index in [1.165, 1.54) is 4.31 Å². The highest BCUT2D eigenvalue weighted by Gasteiger charge is 2.25. The van der Waals surface area contributed by atoms with Crippen LogP contribution in [0.4, 0.5) is 0 Å². The molecule has 0 aliphatic carbocycles. The molecule has 0 saturated carbocycles. The molecule has 1 aliphatic rings. The standard InChI is InChI=1S/C6H11ClN2O3S/c7-5-13(11,12)9-3-1-8(6-10)2-4-9/h6H,1-5H2. The van der Waals surface area contributed by atoms with Crippen LogP contribution in [0.1, 0.15) is 0 Å². The van der Waals surface area contributed by atoms with Gasteiger partial charge in [0.25, 0.3) is 0 Å². The Balaban J connectivity index is 2.55. The maximum Gasteiger partial charge on any atom is 0.228 e. The molecule has 76 valence electrons. The van der Waals surface area contributed by atoms with Crippen molar-refractivity contribution in [2.45, 2.75) is 0 Å². The topological polar surface area (TPSA) is 57.7 Å². The number of carbonyl (C=O) groups excluding carboxylic acids is 1. The largest absolute Gasteiger partial charge is 0.343 e. The number of hydrogen-bond acceptors (Lipinski definition) is 3. The van der Waals surface area contributed by atoms with Crippen LogP contribution in [0.3, 0.4) is 0 Å². The van der Waals surface area contributed by atoms with Gasteiger partial charge in [0, 0.05) is 26.2 Å². The van der Waals surface area contributed by atoms with Crippen molar-refractivity contribution in [3.8, 4) is 0 Å². The molecule has 1 rings (SSSR count). The van der Waals surface area contributed by atoms with Gasteiger partial charge in [-0.3, -0.25) is 4.79 Å². The monoisotopic (exact) mass is 226 g/mol. The number of rotatable bonds is 3. The molecule has 5 nitrogen and oxygen atoms in total. The van der Waals surface area contributed by atoms with Crippen LogP contribution in [0.2, 0.25) is 0 Å². The van der Waals surface area contributed by atoms with Crippen molar-refractivity contribution < 1.29 is 13.2 Å². The van der Waals surface area contributed by atoms with Gasteiger partial charge in [-0.15, -0.1) is 11.6 Å². The summed E-state index contributed by atoms with van der Waals surface area (Å²) in [5.74, 6) is 0. The van der Waals surface area contributed by atoms with E-state index >= 15 is 0 Å². The molecule has 0 unspecified atom stereocenters. The minimum absolute atomic E-state index is 0.341. The van der Waals surface area contributed by atoms with Crippen LogP contribution in [0.25, 0.3) is 0 Å². The lowest BCUT2D eigenvalue weighted by Gasteiger charge is -2.31. The van der Waals surface area contributed by atoms with Crippen molar-refractivity contribution in [3.63, 3.8) is 0 Å². The number of carbonyl (C=O) groups is 1. The number of alkyl halides is 1. The van der Waals surface area contributed by atoms with Crippen molar-refractivity contribution in [1.82, 2.24) is 9.21 Å². The van der Waals surface area contributed by atoms with Gasteiger partial charge in [0.15, 0.2) is 0 Å². The number of nitrogens with zero attached hydrogens (tertiary/aromatic N) is 2. The summed E-state index contributed by atoms with van der Waals surface area (Å²) in [5, 5.41) is -0.395. The van der Waals surface area contributed by atoms with E-state index < -0.39 is 15.2 Å². The third-order valence-electron chi connectivity index (χ3n) is 1.95. The molecule has 0 N–H and O–H groups in total. The van der Waals surface area contributed by atoms with Gasteiger partial charge in [0.1, 0.15) is 5.21 Å². The van der Waals surface area contributed by atoms with Gasteiger partial charge in [-0.25, -0.2) is 8.42 Å². The number of hydrogen-bond donors (Lipinski definition) is 0. The summed E-state index contributed by atoms with van der Waals surface area (Å²) in [6.07, 6.45) is 0.727. The number of halogens is 1. The van der Waals surface area contributed by atoms with Crippen LogP contribution in [0, 0.1) is 0 Å². The molecular weight excluding hydrogens is 216 g/mol.